The number of hydrogen-bond acceptors (Lipinski definition) is 3. The van der Waals surface area contributed by atoms with Gasteiger partial charge in [0.15, 0.2) is 0 Å². The average molecular weight is 348 g/mol. The number of benzene rings is 1. The molecule has 1 aromatic carbocycles. The predicted molar refractivity (Wildman–Crippen MR) is 97.6 cm³/mol. The molecule has 1 aliphatic heterocycles. The van der Waals surface area contributed by atoms with E-state index in [1.54, 1.807) is 0 Å². The molecule has 0 spiro atoms. The first-order valence-electron chi connectivity index (χ1n) is 8.91. The monoisotopic (exact) mass is 347 g/mol. The van der Waals surface area contributed by atoms with Gasteiger partial charge in [-0.05, 0) is 31.4 Å². The zero-order valence-electron chi connectivity index (χ0n) is 14.3. The van der Waals surface area contributed by atoms with E-state index >= 15 is 0 Å². The van der Waals surface area contributed by atoms with Gasteiger partial charge in [0.1, 0.15) is 17.7 Å². The Morgan fingerprint density at radius 3 is 2.83 bits per heavy atom. The summed E-state index contributed by atoms with van der Waals surface area (Å²) in [5, 5.41) is 0.692. The summed E-state index contributed by atoms with van der Waals surface area (Å²) in [6.45, 7) is 5.23. The lowest BCUT2D eigenvalue weighted by Crippen LogP contribution is -2.37. The smallest absolute Gasteiger partial charge is 0.138 e. The van der Waals surface area contributed by atoms with E-state index in [1.165, 1.54) is 18.5 Å². The van der Waals surface area contributed by atoms with Gasteiger partial charge in [-0.1, -0.05) is 37.1 Å². The molecule has 5 heteroatoms. The zero-order chi connectivity index (χ0) is 16.8. The summed E-state index contributed by atoms with van der Waals surface area (Å²) in [4.78, 5) is 10.4. The number of rotatable bonds is 7. The summed E-state index contributed by atoms with van der Waals surface area (Å²) >= 11 is 6.17. The SMILES string of the molecule is CCCCc1ncc(CN2CCC(Oc3ccccc3Cl)CC2)[nH]1. The molecule has 0 saturated carbocycles. The van der Waals surface area contributed by atoms with Crippen molar-refractivity contribution in [2.24, 2.45) is 0 Å². The first-order valence-corrected chi connectivity index (χ1v) is 9.28. The maximum Gasteiger partial charge on any atom is 0.138 e. The van der Waals surface area contributed by atoms with Crippen molar-refractivity contribution in [2.45, 2.75) is 51.7 Å². The number of hydrogen-bond donors (Lipinski definition) is 1. The normalized spacial score (nSPS) is 16.4. The lowest BCUT2D eigenvalue weighted by atomic mass is 10.1. The fraction of sp³-hybridized carbons (Fsp3) is 0.526. The van der Waals surface area contributed by atoms with Gasteiger partial charge in [-0.3, -0.25) is 4.90 Å². The second kappa shape index (κ2) is 8.54. The highest BCUT2D eigenvalue weighted by Crippen LogP contribution is 2.27. The van der Waals surface area contributed by atoms with Gasteiger partial charge < -0.3 is 9.72 Å². The number of likely N-dealkylation sites (tertiary alicyclic amines) is 1. The second-order valence-electron chi connectivity index (χ2n) is 6.48. The van der Waals surface area contributed by atoms with Crippen LogP contribution in [0.1, 0.15) is 44.1 Å². The Hall–Kier alpha value is -1.52. The summed E-state index contributed by atoms with van der Waals surface area (Å²) in [5.74, 6) is 1.91. The lowest BCUT2D eigenvalue weighted by molar-refractivity contribution is 0.0962. The maximum absolute atomic E-state index is 6.17. The van der Waals surface area contributed by atoms with Crippen molar-refractivity contribution in [1.29, 1.82) is 0 Å². The van der Waals surface area contributed by atoms with E-state index in [2.05, 4.69) is 21.8 Å². The summed E-state index contributed by atoms with van der Waals surface area (Å²) in [5.41, 5.74) is 1.21. The van der Waals surface area contributed by atoms with Gasteiger partial charge in [0.05, 0.1) is 5.02 Å². The molecule has 0 radical (unpaired) electrons. The maximum atomic E-state index is 6.17. The van der Waals surface area contributed by atoms with Crippen LogP contribution in [0.15, 0.2) is 30.5 Å². The fourth-order valence-electron chi connectivity index (χ4n) is 3.10. The van der Waals surface area contributed by atoms with Crippen molar-refractivity contribution < 1.29 is 4.74 Å². The Morgan fingerprint density at radius 2 is 2.08 bits per heavy atom. The molecule has 0 amide bonds. The fourth-order valence-corrected chi connectivity index (χ4v) is 3.28. The number of nitrogens with one attached hydrogen (secondary N) is 1. The minimum atomic E-state index is 0.253. The van der Waals surface area contributed by atoms with Crippen LogP contribution in [-0.4, -0.2) is 34.1 Å². The first-order chi connectivity index (χ1) is 11.7. The average Bonchev–Trinajstić information content (AvgIpc) is 3.04. The van der Waals surface area contributed by atoms with E-state index in [4.69, 9.17) is 16.3 Å². The highest BCUT2D eigenvalue weighted by Gasteiger charge is 2.21. The van der Waals surface area contributed by atoms with Crippen molar-refractivity contribution in [3.63, 3.8) is 0 Å². The Bertz CT molecular complexity index is 635. The van der Waals surface area contributed by atoms with Crippen LogP contribution in [-0.2, 0) is 13.0 Å². The third-order valence-electron chi connectivity index (χ3n) is 4.51. The zero-order valence-corrected chi connectivity index (χ0v) is 15.1. The van der Waals surface area contributed by atoms with Crippen LogP contribution in [0, 0.1) is 0 Å². The van der Waals surface area contributed by atoms with Gasteiger partial charge in [0.2, 0.25) is 0 Å². The minimum absolute atomic E-state index is 0.253. The van der Waals surface area contributed by atoms with Crippen LogP contribution in [0.4, 0.5) is 0 Å². The van der Waals surface area contributed by atoms with Gasteiger partial charge in [-0.2, -0.15) is 0 Å². The van der Waals surface area contributed by atoms with Crippen LogP contribution in [0.25, 0.3) is 0 Å². The minimum Gasteiger partial charge on any atom is -0.489 e. The summed E-state index contributed by atoms with van der Waals surface area (Å²) < 4.78 is 6.05. The molecule has 1 N–H and O–H groups in total. The number of imidazole rings is 1. The molecule has 24 heavy (non-hydrogen) atoms. The van der Waals surface area contributed by atoms with Gasteiger partial charge in [0, 0.05) is 37.9 Å². The quantitative estimate of drug-likeness (QED) is 0.804. The lowest BCUT2D eigenvalue weighted by Gasteiger charge is -2.31. The molecule has 1 fully saturated rings. The molecule has 1 saturated heterocycles. The van der Waals surface area contributed by atoms with E-state index in [0.29, 0.717) is 5.02 Å². The molecule has 0 aliphatic carbocycles. The van der Waals surface area contributed by atoms with Gasteiger partial charge >= 0.3 is 0 Å². The third kappa shape index (κ3) is 4.74. The van der Waals surface area contributed by atoms with Crippen molar-refractivity contribution in [3.8, 4) is 5.75 Å². The Balaban J connectivity index is 1.45. The second-order valence-corrected chi connectivity index (χ2v) is 6.89. The first kappa shape index (κ1) is 17.3. The molecule has 0 atom stereocenters. The van der Waals surface area contributed by atoms with E-state index in [0.717, 1.165) is 50.5 Å². The number of nitrogens with zero attached hydrogens (tertiary/aromatic N) is 2. The number of unbranched alkanes of at least 4 members (excludes halogenated alkanes) is 1. The topological polar surface area (TPSA) is 41.2 Å². The standard InChI is InChI=1S/C19H26ClN3O/c1-2-3-8-19-21-13-15(22-19)14-23-11-9-16(10-12-23)24-18-7-5-4-6-17(18)20/h4-7,13,16H,2-3,8-12,14H2,1H3,(H,21,22). The Morgan fingerprint density at radius 1 is 1.29 bits per heavy atom. The molecule has 1 aromatic heterocycles. The van der Waals surface area contributed by atoms with Gasteiger partial charge in [0.25, 0.3) is 0 Å². The van der Waals surface area contributed by atoms with Crippen LogP contribution >= 0.6 is 11.6 Å². The molecule has 2 heterocycles. The Labute approximate surface area is 149 Å². The van der Waals surface area contributed by atoms with E-state index in [1.807, 2.05) is 30.5 Å². The van der Waals surface area contributed by atoms with Crippen LogP contribution in [0.2, 0.25) is 5.02 Å². The molecule has 130 valence electrons. The van der Waals surface area contributed by atoms with Crippen molar-refractivity contribution in [2.75, 3.05) is 13.1 Å². The molecular weight excluding hydrogens is 322 g/mol. The number of para-hydroxylation sites is 1. The van der Waals surface area contributed by atoms with Crippen LogP contribution in [0.5, 0.6) is 5.75 Å². The molecule has 4 nitrogen and oxygen atoms in total. The van der Waals surface area contributed by atoms with Crippen LogP contribution < -0.4 is 4.74 Å². The van der Waals surface area contributed by atoms with Gasteiger partial charge in [-0.25, -0.2) is 4.98 Å². The molecule has 3 rings (SSSR count). The van der Waals surface area contributed by atoms with Gasteiger partial charge in [-0.15, -0.1) is 0 Å². The largest absolute Gasteiger partial charge is 0.489 e. The number of ether oxygens (including phenoxy) is 1. The molecule has 0 unspecified atom stereocenters. The molecule has 2 aromatic rings. The number of piperidine rings is 1. The summed E-state index contributed by atoms with van der Waals surface area (Å²) in [6, 6.07) is 7.71. The van der Waals surface area contributed by atoms with Crippen molar-refractivity contribution in [1.82, 2.24) is 14.9 Å². The highest BCUT2D eigenvalue weighted by molar-refractivity contribution is 6.32. The van der Waals surface area contributed by atoms with Crippen molar-refractivity contribution in [3.05, 3.63) is 47.0 Å². The molecule has 1 aliphatic rings. The number of aromatic amines is 1. The highest BCUT2D eigenvalue weighted by atomic mass is 35.5. The third-order valence-corrected chi connectivity index (χ3v) is 4.82. The number of halogens is 1. The van der Waals surface area contributed by atoms with E-state index in [9.17, 15) is 0 Å². The summed E-state index contributed by atoms with van der Waals surface area (Å²) in [6.07, 6.45) is 7.74. The molecule has 0 bridgehead atoms. The number of aryl methyl sites for hydroxylation is 1. The summed E-state index contributed by atoms with van der Waals surface area (Å²) in [7, 11) is 0. The van der Waals surface area contributed by atoms with Crippen molar-refractivity contribution >= 4 is 11.6 Å². The predicted octanol–water partition coefficient (Wildman–Crippen LogP) is 4.45. The Kier molecular flexibility index (Phi) is 6.16. The van der Waals surface area contributed by atoms with E-state index < -0.39 is 0 Å². The number of H-pyrrole nitrogens is 1. The van der Waals surface area contributed by atoms with E-state index in [-0.39, 0.29) is 6.10 Å². The molecular formula is C19H26ClN3O. The number of aromatic nitrogens is 2. The van der Waals surface area contributed by atoms with Crippen LogP contribution in [0.3, 0.4) is 0 Å².